The summed E-state index contributed by atoms with van der Waals surface area (Å²) in [7, 11) is 0. The molecule has 0 aliphatic rings. The molecule has 0 aromatic heterocycles. The summed E-state index contributed by atoms with van der Waals surface area (Å²) in [5, 5.41) is 1.05. The molecule has 3 nitrogen and oxygen atoms in total. The first-order valence-corrected chi connectivity index (χ1v) is 11.2. The van der Waals surface area contributed by atoms with Crippen molar-refractivity contribution in [1.29, 1.82) is 0 Å². The summed E-state index contributed by atoms with van der Waals surface area (Å²) in [5.74, 6) is 2.13. The molecule has 3 rings (SSSR count). The molecule has 3 aromatic carbocycles. The quantitative estimate of drug-likeness (QED) is 0.307. The van der Waals surface area contributed by atoms with Crippen LogP contribution in [0.5, 0.6) is 17.2 Å². The lowest BCUT2D eigenvalue weighted by Crippen LogP contribution is -2.24. The standard InChI is InChI=1S/C26H28Cl2O3/c1-4-13-30-25-23(27)15-20(16-24(25)28)26(2,3)18-29-17-19-9-8-12-22(14-19)31-21-10-6-5-7-11-21/h5-12,14-16H,4,13,17-18H2,1-3H3. The summed E-state index contributed by atoms with van der Waals surface area (Å²) in [4.78, 5) is 0. The number of hydrogen-bond acceptors (Lipinski definition) is 3. The van der Waals surface area contributed by atoms with E-state index in [1.54, 1.807) is 0 Å². The summed E-state index contributed by atoms with van der Waals surface area (Å²) >= 11 is 12.9. The average Bonchev–Trinajstić information content (AvgIpc) is 2.74. The van der Waals surface area contributed by atoms with Crippen LogP contribution in [0.1, 0.15) is 38.3 Å². The van der Waals surface area contributed by atoms with Crippen LogP contribution in [0.25, 0.3) is 0 Å². The van der Waals surface area contributed by atoms with Crippen molar-refractivity contribution >= 4 is 23.2 Å². The van der Waals surface area contributed by atoms with Gasteiger partial charge in [0.1, 0.15) is 11.5 Å². The minimum atomic E-state index is -0.269. The molecule has 0 bridgehead atoms. The van der Waals surface area contributed by atoms with Crippen molar-refractivity contribution in [3.05, 3.63) is 87.9 Å². The summed E-state index contributed by atoms with van der Waals surface area (Å²) in [6.07, 6.45) is 0.894. The molecule has 0 fully saturated rings. The number of rotatable bonds is 10. The molecule has 0 radical (unpaired) electrons. The zero-order valence-electron chi connectivity index (χ0n) is 18.2. The Morgan fingerprint density at radius 1 is 0.839 bits per heavy atom. The number of benzene rings is 3. The monoisotopic (exact) mass is 458 g/mol. The highest BCUT2D eigenvalue weighted by Gasteiger charge is 2.24. The van der Waals surface area contributed by atoms with Crippen molar-refractivity contribution < 1.29 is 14.2 Å². The lowest BCUT2D eigenvalue weighted by atomic mass is 9.85. The van der Waals surface area contributed by atoms with Crippen molar-refractivity contribution in [3.63, 3.8) is 0 Å². The summed E-state index contributed by atoms with van der Waals surface area (Å²) in [6, 6.07) is 21.5. The topological polar surface area (TPSA) is 27.7 Å². The molecule has 0 spiro atoms. The summed E-state index contributed by atoms with van der Waals surface area (Å²) in [6.45, 7) is 7.83. The fraction of sp³-hybridized carbons (Fsp3) is 0.308. The maximum atomic E-state index is 6.43. The van der Waals surface area contributed by atoms with Crippen molar-refractivity contribution in [2.45, 2.75) is 39.2 Å². The first kappa shape index (κ1) is 23.5. The van der Waals surface area contributed by atoms with Gasteiger partial charge in [0.05, 0.1) is 29.9 Å². The van der Waals surface area contributed by atoms with Crippen LogP contribution in [0, 0.1) is 0 Å². The van der Waals surface area contributed by atoms with Gasteiger partial charge in [-0.2, -0.15) is 0 Å². The van der Waals surface area contributed by atoms with Gasteiger partial charge in [-0.1, -0.05) is 74.3 Å². The maximum Gasteiger partial charge on any atom is 0.156 e. The fourth-order valence-corrected chi connectivity index (χ4v) is 3.72. The highest BCUT2D eigenvalue weighted by molar-refractivity contribution is 6.37. The first-order valence-electron chi connectivity index (χ1n) is 10.4. The van der Waals surface area contributed by atoms with Gasteiger partial charge in [-0.05, 0) is 53.9 Å². The number of ether oxygens (including phenoxy) is 3. The predicted octanol–water partition coefficient (Wildman–Crippen LogP) is 8.07. The van der Waals surface area contributed by atoms with Crippen molar-refractivity contribution in [1.82, 2.24) is 0 Å². The van der Waals surface area contributed by atoms with Crippen LogP contribution in [-0.4, -0.2) is 13.2 Å². The van der Waals surface area contributed by atoms with Gasteiger partial charge in [-0.3, -0.25) is 0 Å². The van der Waals surface area contributed by atoms with Crippen LogP contribution in [0.3, 0.4) is 0 Å². The Balaban J connectivity index is 1.61. The molecule has 0 amide bonds. The molecule has 0 atom stereocenters. The van der Waals surface area contributed by atoms with Gasteiger partial charge in [0.25, 0.3) is 0 Å². The van der Waals surface area contributed by atoms with Gasteiger partial charge >= 0.3 is 0 Å². The molecule has 0 saturated carbocycles. The minimum Gasteiger partial charge on any atom is -0.490 e. The molecular formula is C26H28Cl2O3. The predicted molar refractivity (Wildman–Crippen MR) is 128 cm³/mol. The first-order chi connectivity index (χ1) is 14.9. The Morgan fingerprint density at radius 3 is 2.19 bits per heavy atom. The largest absolute Gasteiger partial charge is 0.490 e. The van der Waals surface area contributed by atoms with E-state index in [0.29, 0.717) is 35.6 Å². The zero-order chi connectivity index (χ0) is 22.3. The van der Waals surface area contributed by atoms with Crippen LogP contribution >= 0.6 is 23.2 Å². The van der Waals surface area contributed by atoms with E-state index in [0.717, 1.165) is 29.0 Å². The number of para-hydroxylation sites is 1. The van der Waals surface area contributed by atoms with Crippen LogP contribution in [0.15, 0.2) is 66.7 Å². The third-order valence-electron chi connectivity index (χ3n) is 4.84. The SMILES string of the molecule is CCCOc1c(Cl)cc(C(C)(C)COCc2cccc(Oc3ccccc3)c2)cc1Cl. The van der Waals surface area contributed by atoms with E-state index in [-0.39, 0.29) is 5.41 Å². The smallest absolute Gasteiger partial charge is 0.156 e. The van der Waals surface area contributed by atoms with E-state index >= 15 is 0 Å². The second kappa shape index (κ2) is 10.9. The molecule has 3 aromatic rings. The molecule has 31 heavy (non-hydrogen) atoms. The Hall–Kier alpha value is -2.20. The molecule has 0 N–H and O–H groups in total. The Morgan fingerprint density at radius 2 is 1.52 bits per heavy atom. The van der Waals surface area contributed by atoms with Crippen LogP contribution < -0.4 is 9.47 Å². The maximum absolute atomic E-state index is 6.43. The summed E-state index contributed by atoms with van der Waals surface area (Å²) in [5.41, 5.74) is 1.78. The molecule has 5 heteroatoms. The molecule has 0 heterocycles. The Bertz CT molecular complexity index is 964. The van der Waals surface area contributed by atoms with Crippen molar-refractivity contribution in [3.8, 4) is 17.2 Å². The van der Waals surface area contributed by atoms with E-state index in [1.165, 1.54) is 0 Å². The molecule has 0 unspecified atom stereocenters. The number of hydrogen-bond donors (Lipinski definition) is 0. The Kier molecular flexibility index (Phi) is 8.25. The zero-order valence-corrected chi connectivity index (χ0v) is 19.7. The van der Waals surface area contributed by atoms with Crippen molar-refractivity contribution in [2.75, 3.05) is 13.2 Å². The van der Waals surface area contributed by atoms with Gasteiger partial charge in [0.2, 0.25) is 0 Å². The fourth-order valence-electron chi connectivity index (χ4n) is 3.12. The second-order valence-corrected chi connectivity index (χ2v) is 8.87. The van der Waals surface area contributed by atoms with E-state index in [2.05, 4.69) is 13.8 Å². The molecular weight excluding hydrogens is 431 g/mol. The van der Waals surface area contributed by atoms with E-state index in [9.17, 15) is 0 Å². The van der Waals surface area contributed by atoms with Crippen LogP contribution in [-0.2, 0) is 16.8 Å². The van der Waals surface area contributed by atoms with E-state index in [1.807, 2.05) is 73.7 Å². The van der Waals surface area contributed by atoms with Gasteiger partial charge in [0, 0.05) is 5.41 Å². The lowest BCUT2D eigenvalue weighted by Gasteiger charge is -2.26. The molecule has 0 aliphatic carbocycles. The normalized spacial score (nSPS) is 11.4. The van der Waals surface area contributed by atoms with Gasteiger partial charge in [-0.15, -0.1) is 0 Å². The second-order valence-electron chi connectivity index (χ2n) is 8.06. The average molecular weight is 459 g/mol. The van der Waals surface area contributed by atoms with Gasteiger partial charge < -0.3 is 14.2 Å². The third-order valence-corrected chi connectivity index (χ3v) is 5.40. The lowest BCUT2D eigenvalue weighted by molar-refractivity contribution is 0.0824. The summed E-state index contributed by atoms with van der Waals surface area (Å²) < 4.78 is 17.6. The number of halogens is 2. The molecule has 0 aliphatic heterocycles. The van der Waals surface area contributed by atoms with Crippen LogP contribution in [0.4, 0.5) is 0 Å². The molecule has 0 saturated heterocycles. The van der Waals surface area contributed by atoms with E-state index in [4.69, 9.17) is 37.4 Å². The third kappa shape index (κ3) is 6.64. The van der Waals surface area contributed by atoms with E-state index < -0.39 is 0 Å². The minimum absolute atomic E-state index is 0.269. The van der Waals surface area contributed by atoms with Crippen molar-refractivity contribution in [2.24, 2.45) is 0 Å². The van der Waals surface area contributed by atoms with Crippen LogP contribution in [0.2, 0.25) is 10.0 Å². The molecule has 164 valence electrons. The Labute approximate surface area is 194 Å². The highest BCUT2D eigenvalue weighted by atomic mass is 35.5. The van der Waals surface area contributed by atoms with Gasteiger partial charge in [0.15, 0.2) is 5.75 Å². The van der Waals surface area contributed by atoms with Gasteiger partial charge in [-0.25, -0.2) is 0 Å². The highest BCUT2D eigenvalue weighted by Crippen LogP contribution is 2.38.